The van der Waals surface area contributed by atoms with Crippen molar-refractivity contribution in [1.82, 2.24) is 0 Å². The van der Waals surface area contributed by atoms with E-state index in [2.05, 4.69) is 51.5 Å². The van der Waals surface area contributed by atoms with E-state index < -0.39 is 17.0 Å². The van der Waals surface area contributed by atoms with E-state index in [1.54, 1.807) is 0 Å². The van der Waals surface area contributed by atoms with Gasteiger partial charge in [0.15, 0.2) is 5.66 Å². The SMILES string of the molecule is CCC(C)(C)C1=NC(C(=O)[O-])(C(C)(C)C)N=C1C(C)(C)CC.[K+]. The fourth-order valence-corrected chi connectivity index (χ4v) is 2.47. The van der Waals surface area contributed by atoms with E-state index in [9.17, 15) is 9.90 Å². The number of carboxylic acids is 1. The van der Waals surface area contributed by atoms with Gasteiger partial charge in [0, 0.05) is 16.2 Å². The smallest absolute Gasteiger partial charge is 0.545 e. The van der Waals surface area contributed by atoms with Gasteiger partial charge in [0.05, 0.1) is 17.4 Å². The van der Waals surface area contributed by atoms with Gasteiger partial charge in [-0.05, 0) is 12.8 Å². The molecule has 0 unspecified atom stereocenters. The Kier molecular flexibility index (Phi) is 7.51. The summed E-state index contributed by atoms with van der Waals surface area (Å²) in [6, 6.07) is 0. The molecule has 0 atom stereocenters. The van der Waals surface area contributed by atoms with Gasteiger partial charge in [0.2, 0.25) is 0 Å². The molecule has 4 nitrogen and oxygen atoms in total. The number of carbonyl (C=O) groups is 1. The summed E-state index contributed by atoms with van der Waals surface area (Å²) in [4.78, 5) is 21.3. The average Bonchev–Trinajstić information content (AvgIpc) is 2.81. The summed E-state index contributed by atoms with van der Waals surface area (Å²) in [6.07, 6.45) is 1.75. The molecule has 1 rings (SSSR count). The van der Waals surface area contributed by atoms with Crippen LogP contribution in [-0.4, -0.2) is 23.1 Å². The number of carbonyl (C=O) groups excluding carboxylic acids is 1. The molecule has 0 amide bonds. The van der Waals surface area contributed by atoms with Gasteiger partial charge in [-0.15, -0.1) is 0 Å². The van der Waals surface area contributed by atoms with Crippen LogP contribution in [0.4, 0.5) is 0 Å². The molecule has 0 aromatic rings. The monoisotopic (exact) mass is 346 g/mol. The third kappa shape index (κ3) is 4.17. The zero-order valence-electron chi connectivity index (χ0n) is 16.6. The molecule has 0 aromatic heterocycles. The van der Waals surface area contributed by atoms with Crippen molar-refractivity contribution in [2.45, 2.75) is 80.8 Å². The summed E-state index contributed by atoms with van der Waals surface area (Å²) in [5.74, 6) is -1.22. The largest absolute Gasteiger partial charge is 1.00 e. The quantitative estimate of drug-likeness (QED) is 0.670. The van der Waals surface area contributed by atoms with E-state index >= 15 is 0 Å². The molecule has 1 aliphatic rings. The van der Waals surface area contributed by atoms with Gasteiger partial charge in [-0.1, -0.05) is 62.3 Å². The van der Waals surface area contributed by atoms with Gasteiger partial charge in [0.25, 0.3) is 0 Å². The molecule has 0 radical (unpaired) electrons. The molecule has 0 fully saturated rings. The first-order valence-electron chi connectivity index (χ1n) is 8.17. The summed E-state index contributed by atoms with van der Waals surface area (Å²) in [5.41, 5.74) is -0.966. The van der Waals surface area contributed by atoms with Crippen LogP contribution >= 0.6 is 0 Å². The Labute approximate surface area is 184 Å². The third-order valence-electron chi connectivity index (χ3n) is 5.15. The Hall–Kier alpha value is 0.446. The van der Waals surface area contributed by atoms with E-state index in [1.165, 1.54) is 0 Å². The number of carboxylic acid groups (broad SMARTS) is 1. The Morgan fingerprint density at radius 2 is 1.22 bits per heavy atom. The fraction of sp³-hybridized carbons (Fsp3) is 0.833. The molecule has 5 heteroatoms. The standard InChI is InChI=1S/C18H32N2O2.K/c1-10-16(6,7)12-13(17(8,9)11-2)20-18(19-12,14(21)22)15(3,4)5;/h10-11H2,1-9H3,(H,21,22);/q;+1/p-1. The predicted octanol–water partition coefficient (Wildman–Crippen LogP) is 0.251. The predicted molar refractivity (Wildman–Crippen MR) is 90.2 cm³/mol. The Morgan fingerprint density at radius 1 is 0.913 bits per heavy atom. The van der Waals surface area contributed by atoms with Gasteiger partial charge < -0.3 is 9.90 Å². The van der Waals surface area contributed by atoms with Crippen molar-refractivity contribution in [2.24, 2.45) is 26.2 Å². The molecule has 1 heterocycles. The van der Waals surface area contributed by atoms with Gasteiger partial charge in [-0.25, -0.2) is 0 Å². The summed E-state index contributed by atoms with van der Waals surface area (Å²) < 4.78 is 0. The Bertz CT molecular complexity index is 494. The maximum Gasteiger partial charge on any atom is 1.00 e. The number of aliphatic carboxylic acids is 1. The van der Waals surface area contributed by atoms with Gasteiger partial charge in [0.1, 0.15) is 0 Å². The van der Waals surface area contributed by atoms with E-state index in [0.717, 1.165) is 24.3 Å². The third-order valence-corrected chi connectivity index (χ3v) is 5.15. The van der Waals surface area contributed by atoms with Crippen LogP contribution in [0.5, 0.6) is 0 Å². The van der Waals surface area contributed by atoms with E-state index in [0.29, 0.717) is 0 Å². The summed E-state index contributed by atoms with van der Waals surface area (Å²) >= 11 is 0. The fourth-order valence-electron chi connectivity index (χ4n) is 2.47. The van der Waals surface area contributed by atoms with Gasteiger partial charge >= 0.3 is 51.4 Å². The number of hydrogen-bond acceptors (Lipinski definition) is 4. The molecule has 0 aliphatic carbocycles. The van der Waals surface area contributed by atoms with Crippen LogP contribution in [0.2, 0.25) is 0 Å². The average molecular weight is 347 g/mol. The minimum absolute atomic E-state index is 0. The zero-order chi connectivity index (χ0) is 17.6. The van der Waals surface area contributed by atoms with Crippen LogP contribution in [0.25, 0.3) is 0 Å². The Balaban J connectivity index is 0.00000484. The van der Waals surface area contributed by atoms with Crippen molar-refractivity contribution in [1.29, 1.82) is 0 Å². The minimum atomic E-state index is -1.53. The molecular weight excluding hydrogens is 315 g/mol. The molecule has 0 spiro atoms. The first kappa shape index (κ1) is 23.4. The second kappa shape index (κ2) is 7.36. The van der Waals surface area contributed by atoms with Crippen LogP contribution in [0.15, 0.2) is 9.98 Å². The van der Waals surface area contributed by atoms with Crippen molar-refractivity contribution >= 4 is 17.4 Å². The topological polar surface area (TPSA) is 64.8 Å². The Morgan fingerprint density at radius 3 is 1.39 bits per heavy atom. The van der Waals surface area contributed by atoms with E-state index in [4.69, 9.17) is 0 Å². The van der Waals surface area contributed by atoms with Crippen LogP contribution in [0.1, 0.15) is 75.2 Å². The van der Waals surface area contributed by atoms with Gasteiger partial charge in [-0.2, -0.15) is 0 Å². The molecule has 126 valence electrons. The molecule has 0 bridgehead atoms. The van der Waals surface area contributed by atoms with Crippen molar-refractivity contribution in [2.75, 3.05) is 0 Å². The summed E-state index contributed by atoms with van der Waals surface area (Å²) in [5, 5.41) is 12.0. The normalized spacial score (nSPS) is 18.1. The minimum Gasteiger partial charge on any atom is -0.545 e. The molecule has 0 saturated heterocycles. The molecule has 0 N–H and O–H groups in total. The van der Waals surface area contributed by atoms with Crippen LogP contribution in [-0.2, 0) is 4.79 Å². The second-order valence-corrected chi connectivity index (χ2v) is 8.61. The molecule has 1 aliphatic heterocycles. The van der Waals surface area contributed by atoms with Crippen LogP contribution in [0, 0.1) is 16.2 Å². The van der Waals surface area contributed by atoms with Crippen molar-refractivity contribution in [3.05, 3.63) is 0 Å². The van der Waals surface area contributed by atoms with Crippen molar-refractivity contribution in [3.8, 4) is 0 Å². The van der Waals surface area contributed by atoms with Gasteiger partial charge in [-0.3, -0.25) is 9.98 Å². The van der Waals surface area contributed by atoms with E-state index in [-0.39, 0.29) is 62.2 Å². The van der Waals surface area contributed by atoms with Crippen molar-refractivity contribution < 1.29 is 61.3 Å². The first-order chi connectivity index (χ1) is 9.75. The van der Waals surface area contributed by atoms with Crippen molar-refractivity contribution in [3.63, 3.8) is 0 Å². The maximum atomic E-state index is 12.0. The van der Waals surface area contributed by atoms with Crippen LogP contribution < -0.4 is 56.5 Å². The number of aliphatic imine (C=N–C) groups is 2. The number of rotatable bonds is 5. The summed E-state index contributed by atoms with van der Waals surface area (Å²) in [6.45, 7) is 18.1. The zero-order valence-corrected chi connectivity index (χ0v) is 19.7. The molecule has 23 heavy (non-hydrogen) atoms. The molecule has 0 saturated carbocycles. The maximum absolute atomic E-state index is 12.0. The summed E-state index contributed by atoms with van der Waals surface area (Å²) in [7, 11) is 0. The molecule has 0 aromatic carbocycles. The first-order valence-corrected chi connectivity index (χ1v) is 8.17. The molecular formula is C18H31KN2O2. The van der Waals surface area contributed by atoms with Crippen LogP contribution in [0.3, 0.4) is 0 Å². The number of nitrogens with zero attached hydrogens (tertiary/aromatic N) is 2. The number of hydrogen-bond donors (Lipinski definition) is 0. The van der Waals surface area contributed by atoms with E-state index in [1.807, 2.05) is 20.8 Å². The second-order valence-electron chi connectivity index (χ2n) is 8.61.